The zero-order valence-electron chi connectivity index (χ0n) is 12.7. The molecular weight excluding hydrogens is 274 g/mol. The quantitative estimate of drug-likeness (QED) is 0.793. The van der Waals surface area contributed by atoms with Crippen LogP contribution >= 0.6 is 0 Å². The van der Waals surface area contributed by atoms with E-state index in [1.54, 1.807) is 19.1 Å². The number of rotatable bonds is 7. The molecule has 0 aromatic heterocycles. The average Bonchev–Trinajstić information content (AvgIpc) is 2.41. The number of nitrogens with one attached hydrogen (secondary N) is 1. The predicted molar refractivity (Wildman–Crippen MR) is 77.3 cm³/mol. The molecule has 2 N–H and O–H groups in total. The molecule has 0 saturated carbocycles. The summed E-state index contributed by atoms with van der Waals surface area (Å²) in [4.78, 5) is 23.3. The Bertz CT molecular complexity index is 499. The van der Waals surface area contributed by atoms with E-state index in [-0.39, 0.29) is 6.61 Å². The van der Waals surface area contributed by atoms with Crippen molar-refractivity contribution in [2.75, 3.05) is 13.7 Å². The van der Waals surface area contributed by atoms with Crippen molar-refractivity contribution >= 4 is 11.9 Å². The fraction of sp³-hybridized carbons (Fsp3) is 0.467. The van der Waals surface area contributed by atoms with Gasteiger partial charge in [0.15, 0.2) is 11.6 Å². The molecule has 6 heteroatoms. The van der Waals surface area contributed by atoms with Gasteiger partial charge in [0.2, 0.25) is 0 Å². The normalized spacial score (nSPS) is 14.9. The van der Waals surface area contributed by atoms with Gasteiger partial charge in [-0.3, -0.25) is 4.79 Å². The minimum atomic E-state index is -1.49. The lowest BCUT2D eigenvalue weighted by Gasteiger charge is -2.27. The van der Waals surface area contributed by atoms with E-state index in [1.165, 1.54) is 14.0 Å². The van der Waals surface area contributed by atoms with Gasteiger partial charge in [0.25, 0.3) is 5.91 Å². The lowest BCUT2D eigenvalue weighted by atomic mass is 10.0. The van der Waals surface area contributed by atoms with Gasteiger partial charge in [-0.2, -0.15) is 0 Å². The van der Waals surface area contributed by atoms with E-state index < -0.39 is 23.5 Å². The number of carbonyl (C=O) groups is 2. The Morgan fingerprint density at radius 2 is 1.90 bits per heavy atom. The van der Waals surface area contributed by atoms with Crippen LogP contribution in [0.1, 0.15) is 19.4 Å². The number of hydrogen-bond donors (Lipinski definition) is 2. The number of carboxylic acid groups (broad SMARTS) is 1. The first-order chi connectivity index (χ1) is 9.78. The van der Waals surface area contributed by atoms with Gasteiger partial charge in [-0.25, -0.2) is 4.79 Å². The number of benzene rings is 1. The van der Waals surface area contributed by atoms with Crippen LogP contribution in [0.2, 0.25) is 0 Å². The van der Waals surface area contributed by atoms with Crippen LogP contribution in [0.3, 0.4) is 0 Å². The van der Waals surface area contributed by atoms with E-state index in [9.17, 15) is 14.7 Å². The number of ether oxygens (including phenoxy) is 2. The highest BCUT2D eigenvalue weighted by Crippen LogP contribution is 2.14. The summed E-state index contributed by atoms with van der Waals surface area (Å²) in [5, 5.41) is 11.6. The number of amides is 1. The predicted octanol–water partition coefficient (Wildman–Crippen LogP) is 1.37. The van der Waals surface area contributed by atoms with E-state index in [0.717, 1.165) is 5.56 Å². The van der Waals surface area contributed by atoms with E-state index in [2.05, 4.69) is 5.32 Å². The number of carboxylic acids is 1. The molecule has 0 bridgehead atoms. The lowest BCUT2D eigenvalue weighted by Crippen LogP contribution is -2.57. The van der Waals surface area contributed by atoms with Gasteiger partial charge >= 0.3 is 5.97 Å². The molecule has 1 aromatic carbocycles. The summed E-state index contributed by atoms with van der Waals surface area (Å²) in [7, 11) is 1.37. The molecule has 0 spiro atoms. The molecule has 0 aliphatic rings. The van der Waals surface area contributed by atoms with Crippen molar-refractivity contribution in [3.05, 3.63) is 29.8 Å². The van der Waals surface area contributed by atoms with E-state index in [1.807, 2.05) is 19.1 Å². The van der Waals surface area contributed by atoms with Gasteiger partial charge in [0, 0.05) is 7.11 Å². The summed E-state index contributed by atoms with van der Waals surface area (Å²) in [6.45, 7) is 4.76. The highest BCUT2D eigenvalue weighted by molar-refractivity contribution is 5.88. The monoisotopic (exact) mass is 295 g/mol. The van der Waals surface area contributed by atoms with Crippen LogP contribution in [0, 0.1) is 6.92 Å². The van der Waals surface area contributed by atoms with Gasteiger partial charge in [0.1, 0.15) is 5.75 Å². The first-order valence-corrected chi connectivity index (χ1v) is 6.56. The summed E-state index contributed by atoms with van der Waals surface area (Å²) in [6.07, 6.45) is -0.816. The highest BCUT2D eigenvalue weighted by Gasteiger charge is 2.36. The Balaban J connectivity index is 2.69. The fourth-order valence-corrected chi connectivity index (χ4v) is 1.69. The molecule has 0 aliphatic heterocycles. The van der Waals surface area contributed by atoms with E-state index >= 15 is 0 Å². The summed E-state index contributed by atoms with van der Waals surface area (Å²) in [5.41, 5.74) is -0.408. The number of carbonyl (C=O) groups excluding carboxylic acids is 1. The maximum absolute atomic E-state index is 12.1. The second kappa shape index (κ2) is 7.08. The van der Waals surface area contributed by atoms with E-state index in [4.69, 9.17) is 9.47 Å². The maximum Gasteiger partial charge on any atom is 0.331 e. The smallest absolute Gasteiger partial charge is 0.331 e. The molecular formula is C15H21NO5. The molecule has 0 fully saturated rings. The molecule has 0 heterocycles. The Morgan fingerprint density at radius 1 is 1.33 bits per heavy atom. The Labute approximate surface area is 124 Å². The second-order valence-corrected chi connectivity index (χ2v) is 5.13. The van der Waals surface area contributed by atoms with Gasteiger partial charge in [0.05, 0.1) is 6.61 Å². The van der Waals surface area contributed by atoms with Crippen LogP contribution in [0.5, 0.6) is 5.75 Å². The summed E-state index contributed by atoms with van der Waals surface area (Å²) in [5.74, 6) is -1.13. The van der Waals surface area contributed by atoms with Gasteiger partial charge in [-0.1, -0.05) is 17.7 Å². The van der Waals surface area contributed by atoms with Crippen molar-refractivity contribution in [3.63, 3.8) is 0 Å². The second-order valence-electron chi connectivity index (χ2n) is 5.13. The summed E-state index contributed by atoms with van der Waals surface area (Å²) >= 11 is 0. The number of hydrogen-bond acceptors (Lipinski definition) is 4. The zero-order valence-corrected chi connectivity index (χ0v) is 12.7. The minimum Gasteiger partial charge on any atom is -0.481 e. The first kappa shape index (κ1) is 17.0. The van der Waals surface area contributed by atoms with Gasteiger partial charge in [-0.15, -0.1) is 0 Å². The van der Waals surface area contributed by atoms with Crippen LogP contribution in [0.4, 0.5) is 0 Å². The summed E-state index contributed by atoms with van der Waals surface area (Å²) in [6, 6.07) is 7.24. The lowest BCUT2D eigenvalue weighted by molar-refractivity contribution is -0.150. The van der Waals surface area contributed by atoms with Crippen molar-refractivity contribution < 1.29 is 24.2 Å². The van der Waals surface area contributed by atoms with Gasteiger partial charge < -0.3 is 19.9 Å². The van der Waals surface area contributed by atoms with E-state index in [0.29, 0.717) is 5.75 Å². The Morgan fingerprint density at radius 3 is 2.38 bits per heavy atom. The van der Waals surface area contributed by atoms with Crippen LogP contribution in [0.15, 0.2) is 24.3 Å². The Hall–Kier alpha value is -2.08. The fourth-order valence-electron chi connectivity index (χ4n) is 1.69. The van der Waals surface area contributed by atoms with Crippen molar-refractivity contribution in [1.29, 1.82) is 0 Å². The SMILES string of the molecule is COCC(C)(NC(=O)C(C)Oc1ccc(C)cc1)C(=O)O. The number of methoxy groups -OCH3 is 1. The van der Waals surface area contributed by atoms with Crippen LogP contribution < -0.4 is 10.1 Å². The molecule has 1 amide bonds. The third-order valence-electron chi connectivity index (χ3n) is 3.01. The first-order valence-electron chi connectivity index (χ1n) is 6.56. The highest BCUT2D eigenvalue weighted by atomic mass is 16.5. The minimum absolute atomic E-state index is 0.134. The molecule has 21 heavy (non-hydrogen) atoms. The molecule has 1 rings (SSSR count). The molecule has 0 aliphatic carbocycles. The average molecular weight is 295 g/mol. The molecule has 2 atom stereocenters. The topological polar surface area (TPSA) is 84.9 Å². The Kier molecular flexibility index (Phi) is 5.72. The maximum atomic E-state index is 12.1. The third kappa shape index (κ3) is 4.75. The van der Waals surface area contributed by atoms with Crippen molar-refractivity contribution in [3.8, 4) is 5.75 Å². The number of aliphatic carboxylic acids is 1. The van der Waals surface area contributed by atoms with Crippen molar-refractivity contribution in [2.45, 2.75) is 32.4 Å². The van der Waals surface area contributed by atoms with Crippen molar-refractivity contribution in [2.24, 2.45) is 0 Å². The third-order valence-corrected chi connectivity index (χ3v) is 3.01. The van der Waals surface area contributed by atoms with Crippen molar-refractivity contribution in [1.82, 2.24) is 5.32 Å². The standard InChI is InChI=1S/C15H21NO5/c1-10-5-7-12(8-6-10)21-11(2)13(17)16-15(3,9-20-4)14(18)19/h5-8,11H,9H2,1-4H3,(H,16,17)(H,18,19). The van der Waals surface area contributed by atoms with Crippen LogP contribution in [0.25, 0.3) is 0 Å². The van der Waals surface area contributed by atoms with Crippen LogP contribution in [-0.2, 0) is 14.3 Å². The molecule has 0 radical (unpaired) electrons. The summed E-state index contributed by atoms with van der Waals surface area (Å²) < 4.78 is 10.3. The molecule has 6 nitrogen and oxygen atoms in total. The number of aryl methyl sites for hydroxylation is 1. The van der Waals surface area contributed by atoms with Gasteiger partial charge in [-0.05, 0) is 32.9 Å². The molecule has 116 valence electrons. The zero-order chi connectivity index (χ0) is 16.0. The molecule has 0 saturated heterocycles. The molecule has 2 unspecified atom stereocenters. The van der Waals surface area contributed by atoms with Crippen LogP contribution in [-0.4, -0.2) is 42.3 Å². The molecule has 1 aromatic rings. The largest absolute Gasteiger partial charge is 0.481 e.